The first-order valence-electron chi connectivity index (χ1n) is 7.77. The molecule has 0 amide bonds. The maximum atomic E-state index is 5.39. The lowest BCUT2D eigenvalue weighted by molar-refractivity contribution is 0.381. The molecule has 0 fully saturated rings. The fourth-order valence-electron chi connectivity index (χ4n) is 3.55. The highest BCUT2D eigenvalue weighted by molar-refractivity contribution is 7.80. The molecule has 1 aromatic carbocycles. The zero-order chi connectivity index (χ0) is 16.5. The SMILES string of the molecule is CCN1c2cc(C)c(/C=N\NC(N)=S)cc2[C@H](C)CC1(C)C. The van der Waals surface area contributed by atoms with Crippen LogP contribution in [-0.2, 0) is 0 Å². The number of thiocarbonyl (C=S) groups is 1. The van der Waals surface area contributed by atoms with Gasteiger partial charge in [-0.15, -0.1) is 0 Å². The summed E-state index contributed by atoms with van der Waals surface area (Å²) in [4.78, 5) is 2.50. The van der Waals surface area contributed by atoms with Crippen molar-refractivity contribution in [1.29, 1.82) is 0 Å². The van der Waals surface area contributed by atoms with E-state index in [1.165, 1.54) is 16.8 Å². The number of rotatable bonds is 3. The third-order valence-electron chi connectivity index (χ3n) is 4.47. The lowest BCUT2D eigenvalue weighted by Gasteiger charge is -2.47. The minimum Gasteiger partial charge on any atom is -0.375 e. The highest BCUT2D eigenvalue weighted by atomic mass is 32.1. The van der Waals surface area contributed by atoms with Gasteiger partial charge in [0.05, 0.1) is 6.21 Å². The second kappa shape index (κ2) is 6.24. The summed E-state index contributed by atoms with van der Waals surface area (Å²) in [5.74, 6) is 0.532. The van der Waals surface area contributed by atoms with Crippen LogP contribution in [0.5, 0.6) is 0 Å². The number of hydrogen-bond donors (Lipinski definition) is 2. The summed E-state index contributed by atoms with van der Waals surface area (Å²) in [6.07, 6.45) is 2.94. The van der Waals surface area contributed by atoms with Crippen molar-refractivity contribution in [3.63, 3.8) is 0 Å². The lowest BCUT2D eigenvalue weighted by atomic mass is 9.79. The Hall–Kier alpha value is -1.62. The molecule has 0 saturated heterocycles. The van der Waals surface area contributed by atoms with Crippen molar-refractivity contribution in [3.8, 4) is 0 Å². The summed E-state index contributed by atoms with van der Waals surface area (Å²) in [5.41, 5.74) is 13.2. The molecule has 0 bridgehead atoms. The minimum absolute atomic E-state index is 0.180. The molecule has 4 nitrogen and oxygen atoms in total. The Balaban J connectivity index is 2.44. The van der Waals surface area contributed by atoms with Gasteiger partial charge in [0, 0.05) is 17.8 Å². The predicted molar refractivity (Wildman–Crippen MR) is 98.8 cm³/mol. The van der Waals surface area contributed by atoms with Gasteiger partial charge >= 0.3 is 0 Å². The van der Waals surface area contributed by atoms with Crippen LogP contribution < -0.4 is 16.1 Å². The van der Waals surface area contributed by atoms with Crippen molar-refractivity contribution in [1.82, 2.24) is 5.43 Å². The van der Waals surface area contributed by atoms with Crippen molar-refractivity contribution in [2.24, 2.45) is 10.8 Å². The topological polar surface area (TPSA) is 53.6 Å². The van der Waals surface area contributed by atoms with E-state index in [0.717, 1.165) is 18.5 Å². The molecule has 5 heteroatoms. The summed E-state index contributed by atoms with van der Waals surface area (Å²) < 4.78 is 0. The number of nitrogens with one attached hydrogen (secondary N) is 1. The van der Waals surface area contributed by atoms with Gasteiger partial charge < -0.3 is 10.6 Å². The molecule has 22 heavy (non-hydrogen) atoms. The summed E-state index contributed by atoms with van der Waals surface area (Å²) in [5, 5.41) is 4.27. The smallest absolute Gasteiger partial charge is 0.184 e. The van der Waals surface area contributed by atoms with Crippen molar-refractivity contribution in [3.05, 3.63) is 28.8 Å². The molecule has 0 saturated carbocycles. The zero-order valence-corrected chi connectivity index (χ0v) is 14.9. The van der Waals surface area contributed by atoms with Crippen molar-refractivity contribution < 1.29 is 0 Å². The van der Waals surface area contributed by atoms with Crippen molar-refractivity contribution in [2.75, 3.05) is 11.4 Å². The quantitative estimate of drug-likeness (QED) is 0.510. The molecule has 0 spiro atoms. The van der Waals surface area contributed by atoms with Crippen LogP contribution in [0.4, 0.5) is 5.69 Å². The van der Waals surface area contributed by atoms with E-state index in [1.54, 1.807) is 6.21 Å². The van der Waals surface area contributed by atoms with Gasteiger partial charge in [0.2, 0.25) is 0 Å². The number of aryl methyl sites for hydroxylation is 1. The van der Waals surface area contributed by atoms with E-state index < -0.39 is 0 Å². The first-order chi connectivity index (χ1) is 10.3. The van der Waals surface area contributed by atoms with Gasteiger partial charge in [0.1, 0.15) is 0 Å². The van der Waals surface area contributed by atoms with E-state index in [0.29, 0.717) is 5.92 Å². The van der Waals surface area contributed by atoms with Gasteiger partial charge in [-0.25, -0.2) is 0 Å². The third-order valence-corrected chi connectivity index (χ3v) is 4.56. The van der Waals surface area contributed by atoms with Gasteiger partial charge in [0.15, 0.2) is 5.11 Å². The number of nitrogens with two attached hydrogens (primary N) is 1. The van der Waals surface area contributed by atoms with Gasteiger partial charge in [-0.05, 0) is 81.1 Å². The molecule has 0 aromatic heterocycles. The lowest BCUT2D eigenvalue weighted by Crippen LogP contribution is -2.48. The summed E-state index contributed by atoms with van der Waals surface area (Å²) in [6.45, 7) is 12.3. The Morgan fingerprint density at radius 2 is 2.23 bits per heavy atom. The summed E-state index contributed by atoms with van der Waals surface area (Å²) >= 11 is 4.76. The van der Waals surface area contributed by atoms with Crippen LogP contribution in [0.1, 0.15) is 56.7 Å². The van der Waals surface area contributed by atoms with Crippen LogP contribution in [0.15, 0.2) is 17.2 Å². The molecular weight excluding hydrogens is 292 g/mol. The van der Waals surface area contributed by atoms with E-state index in [9.17, 15) is 0 Å². The van der Waals surface area contributed by atoms with Gasteiger partial charge in [-0.3, -0.25) is 5.43 Å². The highest BCUT2D eigenvalue weighted by Gasteiger charge is 2.35. The molecule has 3 N–H and O–H groups in total. The maximum Gasteiger partial charge on any atom is 0.184 e. The van der Waals surface area contributed by atoms with E-state index in [4.69, 9.17) is 18.0 Å². The third kappa shape index (κ3) is 3.24. The Morgan fingerprint density at radius 3 is 2.82 bits per heavy atom. The van der Waals surface area contributed by atoms with Crippen LogP contribution in [0.25, 0.3) is 0 Å². The van der Waals surface area contributed by atoms with E-state index in [1.807, 2.05) is 0 Å². The summed E-state index contributed by atoms with van der Waals surface area (Å²) in [6, 6.07) is 4.52. The molecule has 1 heterocycles. The molecule has 1 atom stereocenters. The largest absolute Gasteiger partial charge is 0.375 e. The standard InChI is InChI=1S/C17H26N4S/c1-6-21-15-7-11(2)13(10-19-20-16(18)22)8-14(15)12(3)9-17(21,4)5/h7-8,10,12H,6,9H2,1-5H3,(H3,18,20,22)/b19-10-/t12-/m1/s1. The van der Waals surface area contributed by atoms with Crippen molar-refractivity contribution >= 4 is 29.2 Å². The molecular formula is C17H26N4S. The average molecular weight is 318 g/mol. The summed E-state index contributed by atoms with van der Waals surface area (Å²) in [7, 11) is 0. The molecule has 0 aliphatic carbocycles. The second-order valence-corrected chi connectivity index (χ2v) is 7.10. The molecule has 0 unspecified atom stereocenters. The van der Waals surface area contributed by atoms with Gasteiger partial charge in [-0.2, -0.15) is 5.10 Å². The molecule has 2 rings (SSSR count). The first-order valence-corrected chi connectivity index (χ1v) is 8.17. The van der Waals surface area contributed by atoms with Crippen LogP contribution in [0.3, 0.4) is 0 Å². The van der Waals surface area contributed by atoms with Gasteiger partial charge in [0.25, 0.3) is 0 Å². The Morgan fingerprint density at radius 1 is 1.55 bits per heavy atom. The number of hydrogen-bond acceptors (Lipinski definition) is 3. The molecule has 120 valence electrons. The zero-order valence-electron chi connectivity index (χ0n) is 14.1. The fourth-order valence-corrected chi connectivity index (χ4v) is 3.61. The molecule has 1 aromatic rings. The Labute approximate surface area is 138 Å². The Bertz CT molecular complexity index is 607. The van der Waals surface area contributed by atoms with Crippen LogP contribution in [0, 0.1) is 6.92 Å². The van der Waals surface area contributed by atoms with Crippen LogP contribution in [-0.4, -0.2) is 23.4 Å². The average Bonchev–Trinajstić information content (AvgIpc) is 2.39. The van der Waals surface area contributed by atoms with E-state index >= 15 is 0 Å². The number of fused-ring (bicyclic) bond motifs is 1. The van der Waals surface area contributed by atoms with Crippen LogP contribution >= 0.6 is 12.2 Å². The maximum absolute atomic E-state index is 5.39. The second-order valence-electron chi connectivity index (χ2n) is 6.66. The van der Waals surface area contributed by atoms with Crippen LogP contribution in [0.2, 0.25) is 0 Å². The monoisotopic (exact) mass is 318 g/mol. The highest BCUT2D eigenvalue weighted by Crippen LogP contribution is 2.43. The molecule has 0 radical (unpaired) electrons. The Kier molecular flexibility index (Phi) is 4.75. The van der Waals surface area contributed by atoms with Gasteiger partial charge in [-0.1, -0.05) is 6.92 Å². The first kappa shape index (κ1) is 16.7. The number of anilines is 1. The molecule has 1 aliphatic heterocycles. The molecule has 1 aliphatic rings. The fraction of sp³-hybridized carbons (Fsp3) is 0.529. The van der Waals surface area contributed by atoms with Crippen molar-refractivity contribution in [2.45, 2.75) is 52.5 Å². The normalized spacial score (nSPS) is 20.0. The number of nitrogens with zero attached hydrogens (tertiary/aromatic N) is 2. The number of hydrazone groups is 1. The van der Waals surface area contributed by atoms with E-state index in [-0.39, 0.29) is 10.7 Å². The predicted octanol–water partition coefficient (Wildman–Crippen LogP) is 3.27. The number of benzene rings is 1. The van der Waals surface area contributed by atoms with E-state index in [2.05, 4.69) is 62.2 Å². The minimum atomic E-state index is 0.180.